The molecule has 2 aliphatic rings. The Morgan fingerprint density at radius 2 is 1.92 bits per heavy atom. The number of fused-ring (bicyclic) bond motifs is 1. The second-order valence-electron chi connectivity index (χ2n) is 10.1. The Bertz CT molecular complexity index is 1240. The number of para-hydroxylation sites is 1. The molecule has 2 fully saturated rings. The predicted molar refractivity (Wildman–Crippen MR) is 149 cm³/mol. The third-order valence-electron chi connectivity index (χ3n) is 7.74. The van der Waals surface area contributed by atoms with Crippen LogP contribution in [0.5, 0.6) is 5.75 Å². The Kier molecular flexibility index (Phi) is 8.36. The van der Waals surface area contributed by atoms with E-state index in [0.29, 0.717) is 11.8 Å². The smallest absolute Gasteiger partial charge is 0.244 e. The summed E-state index contributed by atoms with van der Waals surface area (Å²) in [6.45, 7) is 5.65. The van der Waals surface area contributed by atoms with Gasteiger partial charge in [-0.2, -0.15) is 4.37 Å². The van der Waals surface area contributed by atoms with Crippen LogP contribution in [-0.4, -0.2) is 61.6 Å². The molecule has 6 nitrogen and oxygen atoms in total. The van der Waals surface area contributed by atoms with Crippen LogP contribution in [0.3, 0.4) is 0 Å². The lowest BCUT2D eigenvalue weighted by Crippen LogP contribution is -2.49. The summed E-state index contributed by atoms with van der Waals surface area (Å²) in [5.74, 6) is 2.59. The molecule has 1 aromatic heterocycles. The molecule has 0 bridgehead atoms. The van der Waals surface area contributed by atoms with Crippen LogP contribution in [0.2, 0.25) is 0 Å². The molecule has 0 radical (unpaired) electrons. The van der Waals surface area contributed by atoms with Crippen molar-refractivity contribution in [2.75, 3.05) is 51.3 Å². The van der Waals surface area contributed by atoms with Crippen LogP contribution in [0.25, 0.3) is 16.2 Å². The number of anilines is 1. The highest BCUT2D eigenvalue weighted by Crippen LogP contribution is 2.33. The molecule has 2 atom stereocenters. The van der Waals surface area contributed by atoms with Crippen molar-refractivity contribution in [3.05, 3.63) is 59.9 Å². The zero-order valence-corrected chi connectivity index (χ0v) is 22.2. The number of piperazine rings is 1. The number of ether oxygens (including phenoxy) is 1. The molecule has 2 heterocycles. The van der Waals surface area contributed by atoms with Gasteiger partial charge in [-0.3, -0.25) is 9.69 Å². The quantitative estimate of drug-likeness (QED) is 0.412. The number of methoxy groups -OCH3 is 1. The Morgan fingerprint density at radius 1 is 1.14 bits per heavy atom. The molecule has 1 saturated carbocycles. The number of hydrogen-bond donors (Lipinski definition) is 1. The van der Waals surface area contributed by atoms with Crippen molar-refractivity contribution in [1.29, 1.82) is 0 Å². The number of benzene rings is 2. The normalized spacial score (nSPS) is 21.0. The Balaban J connectivity index is 1.12. The van der Waals surface area contributed by atoms with Gasteiger partial charge in [-0.15, -0.1) is 0 Å². The van der Waals surface area contributed by atoms with E-state index >= 15 is 0 Å². The van der Waals surface area contributed by atoms with E-state index in [0.717, 1.165) is 66.5 Å². The summed E-state index contributed by atoms with van der Waals surface area (Å²) in [6.07, 6.45) is 8.31. The first-order valence-electron chi connectivity index (χ1n) is 13.2. The molecule has 196 valence electrons. The first kappa shape index (κ1) is 25.7. The fourth-order valence-corrected chi connectivity index (χ4v) is 6.48. The van der Waals surface area contributed by atoms with Crippen molar-refractivity contribution in [2.24, 2.45) is 11.8 Å². The van der Waals surface area contributed by atoms with Crippen LogP contribution in [0.15, 0.2) is 48.5 Å². The highest BCUT2D eigenvalue weighted by molar-refractivity contribution is 7.13. The lowest BCUT2D eigenvalue weighted by atomic mass is 9.78. The highest BCUT2D eigenvalue weighted by Gasteiger charge is 2.29. The average molecular weight is 523 g/mol. The first-order chi connectivity index (χ1) is 18.1. The fraction of sp³-hybridized carbons (Fsp3) is 0.448. The van der Waals surface area contributed by atoms with Gasteiger partial charge in [0.1, 0.15) is 17.4 Å². The summed E-state index contributed by atoms with van der Waals surface area (Å²) in [5.41, 5.74) is 0.896. The molecule has 1 amide bonds. The number of halogens is 1. The molecule has 2 aromatic carbocycles. The van der Waals surface area contributed by atoms with Gasteiger partial charge in [-0.1, -0.05) is 31.0 Å². The van der Waals surface area contributed by atoms with E-state index in [2.05, 4.69) is 19.5 Å². The highest BCUT2D eigenvalue weighted by atomic mass is 32.1. The summed E-state index contributed by atoms with van der Waals surface area (Å²) in [5, 5.41) is 4.19. The number of rotatable bonds is 8. The SMILES string of the molecule is COc1ccccc1/C=C/C(=O)NC[C@@H]1CCCC[C@H]1CN1CCN(c2nsc3cc(F)ccc23)CC1. The van der Waals surface area contributed by atoms with Crippen molar-refractivity contribution >= 4 is 39.4 Å². The van der Waals surface area contributed by atoms with E-state index in [1.54, 1.807) is 19.3 Å². The number of amides is 1. The average Bonchev–Trinajstić information content (AvgIpc) is 3.35. The molecule has 1 aliphatic heterocycles. The third-order valence-corrected chi connectivity index (χ3v) is 8.54. The predicted octanol–water partition coefficient (Wildman–Crippen LogP) is 5.20. The molecule has 5 rings (SSSR count). The van der Waals surface area contributed by atoms with Gasteiger partial charge in [0.25, 0.3) is 0 Å². The molecular formula is C29H35FN4O2S. The molecule has 0 spiro atoms. The minimum Gasteiger partial charge on any atom is -0.496 e. The van der Waals surface area contributed by atoms with Gasteiger partial charge >= 0.3 is 0 Å². The van der Waals surface area contributed by atoms with E-state index in [4.69, 9.17) is 4.74 Å². The standard InChI is InChI=1S/C29H35FN4O2S/c1-36-26-9-5-4-6-21(26)10-13-28(35)31-19-22-7-2-3-8-23(22)20-33-14-16-34(17-15-33)29-25-12-11-24(30)18-27(25)37-32-29/h4-6,9-13,18,22-23H,2-3,7-8,14-17,19-20H2,1H3,(H,31,35)/b13-10+/t22-,23-/m0/s1. The maximum absolute atomic E-state index is 13.6. The van der Waals surface area contributed by atoms with Crippen LogP contribution in [0.4, 0.5) is 10.2 Å². The largest absolute Gasteiger partial charge is 0.496 e. The van der Waals surface area contributed by atoms with E-state index in [1.165, 1.54) is 43.3 Å². The van der Waals surface area contributed by atoms with Gasteiger partial charge in [0.2, 0.25) is 5.91 Å². The summed E-state index contributed by atoms with van der Waals surface area (Å²) in [4.78, 5) is 17.4. The fourth-order valence-electron chi connectivity index (χ4n) is 5.65. The maximum atomic E-state index is 13.6. The monoisotopic (exact) mass is 522 g/mol. The second-order valence-corrected chi connectivity index (χ2v) is 10.9. The number of carbonyl (C=O) groups excluding carboxylic acids is 1. The summed E-state index contributed by atoms with van der Waals surface area (Å²) >= 11 is 1.37. The number of carbonyl (C=O) groups is 1. The van der Waals surface area contributed by atoms with Crippen LogP contribution in [0, 0.1) is 17.7 Å². The van der Waals surface area contributed by atoms with Crippen LogP contribution < -0.4 is 15.0 Å². The molecule has 37 heavy (non-hydrogen) atoms. The molecule has 1 saturated heterocycles. The van der Waals surface area contributed by atoms with Crippen molar-refractivity contribution in [1.82, 2.24) is 14.6 Å². The number of aromatic nitrogens is 1. The Hall–Kier alpha value is -2.97. The van der Waals surface area contributed by atoms with Gasteiger partial charge in [0.15, 0.2) is 0 Å². The number of hydrogen-bond acceptors (Lipinski definition) is 6. The van der Waals surface area contributed by atoms with E-state index in [9.17, 15) is 9.18 Å². The minimum absolute atomic E-state index is 0.0563. The van der Waals surface area contributed by atoms with E-state index in [-0.39, 0.29) is 11.7 Å². The molecule has 1 aliphatic carbocycles. The maximum Gasteiger partial charge on any atom is 0.244 e. The molecule has 3 aromatic rings. The van der Waals surface area contributed by atoms with Crippen LogP contribution >= 0.6 is 11.5 Å². The summed E-state index contributed by atoms with van der Waals surface area (Å²) in [7, 11) is 1.64. The zero-order valence-electron chi connectivity index (χ0n) is 21.4. The van der Waals surface area contributed by atoms with Crippen molar-refractivity contribution < 1.29 is 13.9 Å². The Morgan fingerprint density at radius 3 is 2.73 bits per heavy atom. The molecule has 0 unspecified atom stereocenters. The summed E-state index contributed by atoms with van der Waals surface area (Å²) < 4.78 is 24.5. The minimum atomic E-state index is -0.210. The van der Waals surface area contributed by atoms with Gasteiger partial charge in [-0.25, -0.2) is 4.39 Å². The van der Waals surface area contributed by atoms with Crippen molar-refractivity contribution in [2.45, 2.75) is 25.7 Å². The van der Waals surface area contributed by atoms with Crippen LogP contribution in [-0.2, 0) is 4.79 Å². The summed E-state index contributed by atoms with van der Waals surface area (Å²) in [6, 6.07) is 12.6. The second kappa shape index (κ2) is 12.0. The lowest BCUT2D eigenvalue weighted by Gasteiger charge is -2.40. The van der Waals surface area contributed by atoms with Gasteiger partial charge in [-0.05, 0) is 66.6 Å². The van der Waals surface area contributed by atoms with Crippen molar-refractivity contribution in [3.8, 4) is 5.75 Å². The molecule has 1 N–H and O–H groups in total. The molecule has 8 heteroatoms. The molecular weight excluding hydrogens is 487 g/mol. The third kappa shape index (κ3) is 6.30. The van der Waals surface area contributed by atoms with Gasteiger partial charge in [0, 0.05) is 56.3 Å². The van der Waals surface area contributed by atoms with Gasteiger partial charge in [0.05, 0.1) is 11.8 Å². The lowest BCUT2D eigenvalue weighted by molar-refractivity contribution is -0.116. The van der Waals surface area contributed by atoms with E-state index < -0.39 is 0 Å². The topological polar surface area (TPSA) is 57.7 Å². The van der Waals surface area contributed by atoms with Crippen molar-refractivity contribution in [3.63, 3.8) is 0 Å². The number of nitrogens with zero attached hydrogens (tertiary/aromatic N) is 3. The van der Waals surface area contributed by atoms with E-state index in [1.807, 2.05) is 36.4 Å². The first-order valence-corrected chi connectivity index (χ1v) is 14.0. The van der Waals surface area contributed by atoms with Crippen LogP contribution in [0.1, 0.15) is 31.2 Å². The zero-order chi connectivity index (χ0) is 25.6. The van der Waals surface area contributed by atoms with Gasteiger partial charge < -0.3 is 15.0 Å². The Labute approximate surface area is 222 Å². The number of nitrogens with one attached hydrogen (secondary N) is 1.